The van der Waals surface area contributed by atoms with Gasteiger partial charge in [0.15, 0.2) is 0 Å². The third-order valence-electron chi connectivity index (χ3n) is 2.38. The van der Waals surface area contributed by atoms with Gasteiger partial charge < -0.3 is 10.6 Å². The smallest absolute Gasteiger partial charge is 0.238 e. The van der Waals surface area contributed by atoms with E-state index in [4.69, 9.17) is 0 Å². The lowest BCUT2D eigenvalue weighted by Crippen LogP contribution is -2.29. The molecule has 0 aliphatic heterocycles. The third-order valence-corrected chi connectivity index (χ3v) is 2.38. The van der Waals surface area contributed by atoms with Crippen LogP contribution in [0, 0.1) is 5.92 Å². The SMILES string of the molecule is O=C(CNCC1CC1)Nc1ccncc1. The zero-order valence-electron chi connectivity index (χ0n) is 8.57. The number of hydrogen-bond acceptors (Lipinski definition) is 3. The number of carbonyl (C=O) groups excluding carboxylic acids is 1. The molecule has 1 heterocycles. The molecule has 0 unspecified atom stereocenters. The Kier molecular flexibility index (Phi) is 3.29. The number of amides is 1. The quantitative estimate of drug-likeness (QED) is 0.754. The average molecular weight is 205 g/mol. The van der Waals surface area contributed by atoms with Crippen LogP contribution in [0.4, 0.5) is 5.69 Å². The van der Waals surface area contributed by atoms with Gasteiger partial charge in [0.1, 0.15) is 0 Å². The minimum Gasteiger partial charge on any atom is -0.325 e. The summed E-state index contributed by atoms with van der Waals surface area (Å²) in [7, 11) is 0. The first kappa shape index (κ1) is 10.1. The maximum absolute atomic E-state index is 11.4. The van der Waals surface area contributed by atoms with E-state index >= 15 is 0 Å². The fourth-order valence-corrected chi connectivity index (χ4v) is 1.35. The highest BCUT2D eigenvalue weighted by molar-refractivity contribution is 5.92. The first-order valence-electron chi connectivity index (χ1n) is 5.25. The fourth-order valence-electron chi connectivity index (χ4n) is 1.35. The molecule has 2 rings (SSSR count). The van der Waals surface area contributed by atoms with Crippen LogP contribution in [0.5, 0.6) is 0 Å². The van der Waals surface area contributed by atoms with E-state index < -0.39 is 0 Å². The molecule has 1 aliphatic rings. The Hall–Kier alpha value is -1.42. The van der Waals surface area contributed by atoms with E-state index in [1.165, 1.54) is 12.8 Å². The summed E-state index contributed by atoms with van der Waals surface area (Å²) in [6.07, 6.45) is 5.93. The van der Waals surface area contributed by atoms with Crippen molar-refractivity contribution in [2.24, 2.45) is 5.92 Å². The monoisotopic (exact) mass is 205 g/mol. The second-order valence-electron chi connectivity index (χ2n) is 3.86. The van der Waals surface area contributed by atoms with Gasteiger partial charge in [0.25, 0.3) is 0 Å². The van der Waals surface area contributed by atoms with E-state index in [1.54, 1.807) is 24.5 Å². The Morgan fingerprint density at radius 2 is 2.13 bits per heavy atom. The van der Waals surface area contributed by atoms with Crippen molar-refractivity contribution >= 4 is 11.6 Å². The maximum atomic E-state index is 11.4. The van der Waals surface area contributed by atoms with Gasteiger partial charge in [0.05, 0.1) is 6.54 Å². The van der Waals surface area contributed by atoms with Crippen molar-refractivity contribution in [2.75, 3.05) is 18.4 Å². The summed E-state index contributed by atoms with van der Waals surface area (Å²) in [5.41, 5.74) is 0.795. The lowest BCUT2D eigenvalue weighted by atomic mass is 10.4. The lowest BCUT2D eigenvalue weighted by Gasteiger charge is -2.05. The number of pyridine rings is 1. The molecular formula is C11H15N3O. The van der Waals surface area contributed by atoms with Gasteiger partial charge in [-0.2, -0.15) is 0 Å². The van der Waals surface area contributed by atoms with Crippen LogP contribution in [0.3, 0.4) is 0 Å². The molecule has 0 bridgehead atoms. The summed E-state index contributed by atoms with van der Waals surface area (Å²) in [6, 6.07) is 3.55. The zero-order chi connectivity index (χ0) is 10.5. The van der Waals surface area contributed by atoms with Gasteiger partial charge in [-0.1, -0.05) is 0 Å². The molecule has 4 heteroatoms. The summed E-state index contributed by atoms with van der Waals surface area (Å²) in [5.74, 6) is 0.806. The van der Waals surface area contributed by atoms with E-state index in [2.05, 4.69) is 15.6 Å². The zero-order valence-corrected chi connectivity index (χ0v) is 8.57. The Balaban J connectivity index is 1.67. The lowest BCUT2D eigenvalue weighted by molar-refractivity contribution is -0.115. The number of nitrogens with one attached hydrogen (secondary N) is 2. The average Bonchev–Trinajstić information content (AvgIpc) is 3.03. The Morgan fingerprint density at radius 1 is 1.40 bits per heavy atom. The minimum absolute atomic E-state index is 0.00171. The summed E-state index contributed by atoms with van der Waals surface area (Å²) >= 11 is 0. The van der Waals surface area contributed by atoms with Crippen molar-refractivity contribution in [1.29, 1.82) is 0 Å². The predicted molar refractivity (Wildman–Crippen MR) is 58.5 cm³/mol. The van der Waals surface area contributed by atoms with Crippen LogP contribution in [0.1, 0.15) is 12.8 Å². The fraction of sp³-hybridized carbons (Fsp3) is 0.455. The van der Waals surface area contributed by atoms with Gasteiger partial charge in [0.2, 0.25) is 5.91 Å². The van der Waals surface area contributed by atoms with Gasteiger partial charge in [0, 0.05) is 18.1 Å². The van der Waals surface area contributed by atoms with Gasteiger partial charge in [-0.25, -0.2) is 0 Å². The number of aromatic nitrogens is 1. The Labute approximate surface area is 89.1 Å². The van der Waals surface area contributed by atoms with Crippen molar-refractivity contribution in [2.45, 2.75) is 12.8 Å². The van der Waals surface area contributed by atoms with Gasteiger partial charge in [-0.05, 0) is 37.4 Å². The Bertz CT molecular complexity index is 322. The highest BCUT2D eigenvalue weighted by Crippen LogP contribution is 2.27. The van der Waals surface area contributed by atoms with E-state index in [9.17, 15) is 4.79 Å². The standard InChI is InChI=1S/C11H15N3O/c15-11(8-13-7-9-1-2-9)14-10-3-5-12-6-4-10/h3-6,9,13H,1-2,7-8H2,(H,12,14,15). The summed E-state index contributed by atoms with van der Waals surface area (Å²) in [4.78, 5) is 15.3. The normalized spacial score (nSPS) is 14.9. The van der Waals surface area contributed by atoms with Gasteiger partial charge >= 0.3 is 0 Å². The number of hydrogen-bond donors (Lipinski definition) is 2. The van der Waals surface area contributed by atoms with Crippen LogP contribution in [-0.4, -0.2) is 24.0 Å². The maximum Gasteiger partial charge on any atom is 0.238 e. The molecule has 0 atom stereocenters. The van der Waals surface area contributed by atoms with Crippen LogP contribution in [-0.2, 0) is 4.79 Å². The third kappa shape index (κ3) is 3.67. The van der Waals surface area contributed by atoms with Crippen molar-refractivity contribution in [3.63, 3.8) is 0 Å². The number of rotatable bonds is 5. The first-order chi connectivity index (χ1) is 7.34. The largest absolute Gasteiger partial charge is 0.325 e. The molecule has 0 saturated heterocycles. The van der Waals surface area contributed by atoms with Crippen LogP contribution >= 0.6 is 0 Å². The van der Waals surface area contributed by atoms with Crippen molar-refractivity contribution in [3.8, 4) is 0 Å². The first-order valence-corrected chi connectivity index (χ1v) is 5.25. The summed E-state index contributed by atoms with van der Waals surface area (Å²) < 4.78 is 0. The number of nitrogens with zero attached hydrogens (tertiary/aromatic N) is 1. The molecule has 1 saturated carbocycles. The molecule has 0 radical (unpaired) electrons. The second kappa shape index (κ2) is 4.89. The highest BCUT2D eigenvalue weighted by atomic mass is 16.1. The van der Waals surface area contributed by atoms with Crippen LogP contribution < -0.4 is 10.6 Å². The van der Waals surface area contributed by atoms with E-state index in [1.807, 2.05) is 0 Å². The molecule has 1 amide bonds. The van der Waals surface area contributed by atoms with Gasteiger partial charge in [-0.15, -0.1) is 0 Å². The predicted octanol–water partition coefficient (Wildman–Crippen LogP) is 1.02. The van der Waals surface area contributed by atoms with Crippen LogP contribution in [0.25, 0.3) is 0 Å². The molecule has 1 aromatic heterocycles. The van der Waals surface area contributed by atoms with Crippen molar-refractivity contribution < 1.29 is 4.79 Å². The second-order valence-corrected chi connectivity index (χ2v) is 3.86. The van der Waals surface area contributed by atoms with E-state index in [0.717, 1.165) is 18.2 Å². The van der Waals surface area contributed by atoms with Gasteiger partial charge in [-0.3, -0.25) is 9.78 Å². The van der Waals surface area contributed by atoms with Crippen molar-refractivity contribution in [1.82, 2.24) is 10.3 Å². The molecule has 80 valence electrons. The van der Waals surface area contributed by atoms with Crippen LogP contribution in [0.2, 0.25) is 0 Å². The number of anilines is 1. The van der Waals surface area contributed by atoms with E-state index in [-0.39, 0.29) is 5.91 Å². The topological polar surface area (TPSA) is 54.0 Å². The van der Waals surface area contributed by atoms with E-state index in [0.29, 0.717) is 6.54 Å². The number of carbonyl (C=O) groups is 1. The molecular weight excluding hydrogens is 190 g/mol. The molecule has 2 N–H and O–H groups in total. The molecule has 0 spiro atoms. The highest BCUT2D eigenvalue weighted by Gasteiger charge is 2.20. The molecule has 1 aromatic rings. The molecule has 0 aromatic carbocycles. The molecule has 1 aliphatic carbocycles. The minimum atomic E-state index is 0.00171. The summed E-state index contributed by atoms with van der Waals surface area (Å²) in [6.45, 7) is 1.35. The molecule has 15 heavy (non-hydrogen) atoms. The Morgan fingerprint density at radius 3 is 2.80 bits per heavy atom. The summed E-state index contributed by atoms with van der Waals surface area (Å²) in [5, 5.41) is 5.93. The van der Waals surface area contributed by atoms with Crippen molar-refractivity contribution in [3.05, 3.63) is 24.5 Å². The molecule has 1 fully saturated rings. The van der Waals surface area contributed by atoms with Crippen LogP contribution in [0.15, 0.2) is 24.5 Å². The molecule has 4 nitrogen and oxygen atoms in total.